The van der Waals surface area contributed by atoms with Crippen LogP contribution in [0.15, 0.2) is 41.3 Å². The van der Waals surface area contributed by atoms with Gasteiger partial charge in [-0.2, -0.15) is 4.31 Å². The lowest BCUT2D eigenvalue weighted by Crippen LogP contribution is -2.52. The van der Waals surface area contributed by atoms with E-state index in [9.17, 15) is 18.0 Å². The molecule has 1 N–H and O–H groups in total. The van der Waals surface area contributed by atoms with Crippen molar-refractivity contribution >= 4 is 33.4 Å². The third-order valence-electron chi connectivity index (χ3n) is 5.71. The first kappa shape index (κ1) is 20.8. The number of hydrogen-bond acceptors (Lipinski definition) is 5. The predicted octanol–water partition coefficient (Wildman–Crippen LogP) is 3.54. The average Bonchev–Trinajstić information content (AvgIpc) is 2.69. The first-order valence-electron chi connectivity index (χ1n) is 9.47. The van der Waals surface area contributed by atoms with Gasteiger partial charge in [0.1, 0.15) is 11.4 Å². The summed E-state index contributed by atoms with van der Waals surface area (Å²) in [5, 5.41) is 9.47. The zero-order valence-electron chi connectivity index (χ0n) is 16.2. The Kier molecular flexibility index (Phi) is 5.12. The van der Waals surface area contributed by atoms with Crippen molar-refractivity contribution in [3.8, 4) is 5.75 Å². The molecule has 2 heterocycles. The number of ether oxygens (including phenoxy) is 1. The smallest absolute Gasteiger partial charge is 0.335 e. The van der Waals surface area contributed by atoms with Crippen LogP contribution in [0.4, 0.5) is 0 Å². The number of carboxylic acid groups (broad SMARTS) is 1. The number of benzene rings is 2. The Balaban J connectivity index is 1.53. The molecule has 0 amide bonds. The molecule has 7 nitrogen and oxygen atoms in total. The summed E-state index contributed by atoms with van der Waals surface area (Å²) in [4.78, 5) is 23.8. The van der Waals surface area contributed by atoms with Gasteiger partial charge >= 0.3 is 5.97 Å². The van der Waals surface area contributed by atoms with Gasteiger partial charge in [-0.15, -0.1) is 0 Å². The molecule has 158 valence electrons. The van der Waals surface area contributed by atoms with E-state index >= 15 is 0 Å². The second-order valence-electron chi connectivity index (χ2n) is 7.72. The number of halogens is 1. The second-order valence-corrected chi connectivity index (χ2v) is 10.1. The Morgan fingerprint density at radius 3 is 2.40 bits per heavy atom. The van der Waals surface area contributed by atoms with Crippen molar-refractivity contribution in [3.05, 3.63) is 58.1 Å². The molecule has 4 rings (SSSR count). The first-order chi connectivity index (χ1) is 14.1. The summed E-state index contributed by atoms with van der Waals surface area (Å²) in [6.07, 6.45) is 0.945. The molecule has 2 aliphatic heterocycles. The van der Waals surface area contributed by atoms with Crippen LogP contribution >= 0.6 is 11.6 Å². The molecule has 2 aliphatic rings. The molecule has 1 spiro atoms. The third-order valence-corrected chi connectivity index (χ3v) is 7.84. The van der Waals surface area contributed by atoms with E-state index in [1.54, 1.807) is 12.1 Å². The molecular formula is C21H20ClNO6S. The largest absolute Gasteiger partial charge is 0.486 e. The minimum atomic E-state index is -3.77. The molecule has 0 aromatic heterocycles. The molecule has 1 saturated heterocycles. The molecule has 0 atom stereocenters. The number of Topliss-reactive ketones (excluding diaryl/α,β-unsaturated/α-hetero) is 1. The summed E-state index contributed by atoms with van der Waals surface area (Å²) < 4.78 is 33.5. The maximum Gasteiger partial charge on any atom is 0.335 e. The van der Waals surface area contributed by atoms with E-state index in [0.29, 0.717) is 29.2 Å². The van der Waals surface area contributed by atoms with Crippen LogP contribution in [0.1, 0.15) is 45.5 Å². The second kappa shape index (κ2) is 7.37. The Hall–Kier alpha value is -2.42. The van der Waals surface area contributed by atoms with Gasteiger partial charge in [0.05, 0.1) is 22.4 Å². The standard InChI is InChI=1S/C21H20ClNO6S/c1-13-10-15(22)11-17-18(24)12-21(29-19(13)17)6-8-23(9-7-21)30(27,28)16-4-2-14(3-5-16)20(25)26/h2-5,10-11H,6-9,12H2,1H3,(H,25,26). The number of sulfonamides is 1. The van der Waals surface area contributed by atoms with Crippen molar-refractivity contribution in [2.24, 2.45) is 0 Å². The molecule has 2 aromatic rings. The number of rotatable bonds is 3. The molecule has 0 radical (unpaired) electrons. The molecular weight excluding hydrogens is 430 g/mol. The Morgan fingerprint density at radius 2 is 1.80 bits per heavy atom. The molecule has 0 aliphatic carbocycles. The van der Waals surface area contributed by atoms with Gasteiger partial charge in [-0.3, -0.25) is 4.79 Å². The summed E-state index contributed by atoms with van der Waals surface area (Å²) in [6, 6.07) is 8.50. The van der Waals surface area contributed by atoms with E-state index in [4.69, 9.17) is 21.4 Å². The van der Waals surface area contributed by atoms with E-state index in [2.05, 4.69) is 0 Å². The summed E-state index contributed by atoms with van der Waals surface area (Å²) in [5.74, 6) is -0.645. The highest BCUT2D eigenvalue weighted by Crippen LogP contribution is 2.42. The van der Waals surface area contributed by atoms with Crippen molar-refractivity contribution in [2.45, 2.75) is 36.7 Å². The third kappa shape index (κ3) is 3.59. The van der Waals surface area contributed by atoms with Gasteiger partial charge in [0.15, 0.2) is 5.78 Å². The fourth-order valence-electron chi connectivity index (χ4n) is 4.04. The van der Waals surface area contributed by atoms with Crippen LogP contribution in [0.25, 0.3) is 0 Å². The lowest BCUT2D eigenvalue weighted by atomic mass is 9.82. The fourth-order valence-corrected chi connectivity index (χ4v) is 5.76. The van der Waals surface area contributed by atoms with E-state index in [0.717, 1.165) is 5.56 Å². The molecule has 0 unspecified atom stereocenters. The summed E-state index contributed by atoms with van der Waals surface area (Å²) in [6.45, 7) is 2.24. The maximum atomic E-state index is 12.9. The molecule has 0 bridgehead atoms. The van der Waals surface area contributed by atoms with Crippen LogP contribution in [-0.2, 0) is 10.0 Å². The number of nitrogens with zero attached hydrogens (tertiary/aromatic N) is 1. The number of carbonyl (C=O) groups is 2. The zero-order chi connectivity index (χ0) is 21.7. The van der Waals surface area contributed by atoms with Crippen LogP contribution in [0.2, 0.25) is 5.02 Å². The van der Waals surface area contributed by atoms with Gasteiger partial charge in [-0.25, -0.2) is 13.2 Å². The average molecular weight is 450 g/mol. The number of hydrogen-bond donors (Lipinski definition) is 1. The quantitative estimate of drug-likeness (QED) is 0.769. The van der Waals surface area contributed by atoms with Crippen molar-refractivity contribution in [1.29, 1.82) is 0 Å². The highest BCUT2D eigenvalue weighted by Gasteiger charge is 2.45. The first-order valence-corrected chi connectivity index (χ1v) is 11.3. The highest BCUT2D eigenvalue weighted by atomic mass is 35.5. The number of aryl methyl sites for hydroxylation is 1. The van der Waals surface area contributed by atoms with Crippen LogP contribution in [0.3, 0.4) is 0 Å². The van der Waals surface area contributed by atoms with E-state index < -0.39 is 21.6 Å². The molecule has 2 aromatic carbocycles. The molecule has 30 heavy (non-hydrogen) atoms. The molecule has 0 saturated carbocycles. The van der Waals surface area contributed by atoms with Crippen LogP contribution in [0, 0.1) is 6.92 Å². The number of carbonyl (C=O) groups excluding carboxylic acids is 1. The Morgan fingerprint density at radius 1 is 1.17 bits per heavy atom. The van der Waals surface area contributed by atoms with Crippen molar-refractivity contribution in [2.75, 3.05) is 13.1 Å². The monoisotopic (exact) mass is 449 g/mol. The molecule has 9 heteroatoms. The van der Waals surface area contributed by atoms with Gasteiger partial charge in [-0.05, 0) is 48.9 Å². The topological polar surface area (TPSA) is 101 Å². The van der Waals surface area contributed by atoms with Crippen molar-refractivity contribution < 1.29 is 27.9 Å². The van der Waals surface area contributed by atoms with Crippen molar-refractivity contribution in [1.82, 2.24) is 4.31 Å². The number of piperidine rings is 1. The lowest BCUT2D eigenvalue weighted by Gasteiger charge is -2.43. The van der Waals surface area contributed by atoms with Gasteiger partial charge in [0, 0.05) is 31.0 Å². The fraction of sp³-hybridized carbons (Fsp3) is 0.333. The number of fused-ring (bicyclic) bond motifs is 1. The minimum Gasteiger partial charge on any atom is -0.486 e. The number of aromatic carboxylic acids is 1. The Bertz CT molecular complexity index is 1130. The maximum absolute atomic E-state index is 12.9. The van der Waals surface area contributed by atoms with Crippen LogP contribution in [-0.4, -0.2) is 48.3 Å². The van der Waals surface area contributed by atoms with E-state index in [-0.39, 0.29) is 35.8 Å². The zero-order valence-corrected chi connectivity index (χ0v) is 17.8. The van der Waals surface area contributed by atoms with Crippen LogP contribution < -0.4 is 4.74 Å². The number of carboxylic acids is 1. The van der Waals surface area contributed by atoms with Gasteiger partial charge in [0.25, 0.3) is 0 Å². The Labute approximate surface area is 179 Å². The normalized spacial score (nSPS) is 18.7. The van der Waals surface area contributed by atoms with Gasteiger partial charge in [0.2, 0.25) is 10.0 Å². The predicted molar refractivity (Wildman–Crippen MR) is 110 cm³/mol. The van der Waals surface area contributed by atoms with Crippen molar-refractivity contribution in [3.63, 3.8) is 0 Å². The molecule has 1 fully saturated rings. The summed E-state index contributed by atoms with van der Waals surface area (Å²) in [7, 11) is -3.77. The van der Waals surface area contributed by atoms with Crippen LogP contribution in [0.5, 0.6) is 5.75 Å². The van der Waals surface area contributed by atoms with E-state index in [1.807, 2.05) is 6.92 Å². The SMILES string of the molecule is Cc1cc(Cl)cc2c1OC1(CCN(S(=O)(=O)c3ccc(C(=O)O)cc3)CC1)CC2=O. The minimum absolute atomic E-state index is 0.0230. The van der Waals surface area contributed by atoms with E-state index in [1.165, 1.54) is 28.6 Å². The van der Waals surface area contributed by atoms with Gasteiger partial charge < -0.3 is 9.84 Å². The summed E-state index contributed by atoms with van der Waals surface area (Å²) >= 11 is 6.07. The lowest BCUT2D eigenvalue weighted by molar-refractivity contribution is 0.00535. The summed E-state index contributed by atoms with van der Waals surface area (Å²) in [5.41, 5.74) is 0.537. The van der Waals surface area contributed by atoms with Gasteiger partial charge in [-0.1, -0.05) is 11.6 Å². The number of ketones is 1. The highest BCUT2D eigenvalue weighted by molar-refractivity contribution is 7.89.